The van der Waals surface area contributed by atoms with E-state index in [4.69, 9.17) is 25.8 Å². The molecule has 0 bridgehead atoms. The van der Waals surface area contributed by atoms with Gasteiger partial charge in [0.1, 0.15) is 13.2 Å². The van der Waals surface area contributed by atoms with Gasteiger partial charge in [-0.15, -0.1) is 0 Å². The smallest absolute Gasteiger partial charge is 0.251 e. The van der Waals surface area contributed by atoms with E-state index in [1.807, 2.05) is 0 Å². The van der Waals surface area contributed by atoms with Gasteiger partial charge in [-0.1, -0.05) is 23.7 Å². The summed E-state index contributed by atoms with van der Waals surface area (Å²) in [6.07, 6.45) is 0. The van der Waals surface area contributed by atoms with Gasteiger partial charge in [-0.25, -0.2) is 8.42 Å². The van der Waals surface area contributed by atoms with Crippen LogP contribution in [-0.4, -0.2) is 58.1 Å². The molecular formula is C20H21ClN2O6S. The van der Waals surface area contributed by atoms with Crippen LogP contribution in [0.4, 0.5) is 0 Å². The number of nitrogens with zero attached hydrogens (tertiary/aromatic N) is 1. The molecule has 4 rings (SSSR count). The van der Waals surface area contributed by atoms with Crippen LogP contribution in [0.3, 0.4) is 0 Å². The Hall–Kier alpha value is -2.33. The average Bonchev–Trinajstić information content (AvgIpc) is 2.78. The highest BCUT2D eigenvalue weighted by Crippen LogP contribution is 2.38. The number of fused-ring (bicyclic) bond motifs is 1. The highest BCUT2D eigenvalue weighted by atomic mass is 35.5. The van der Waals surface area contributed by atoms with Gasteiger partial charge in [-0.2, -0.15) is 4.31 Å². The molecule has 1 saturated heterocycles. The number of carbonyl (C=O) groups is 1. The molecule has 2 heterocycles. The lowest BCUT2D eigenvalue weighted by Gasteiger charge is -2.26. The molecule has 0 aliphatic carbocycles. The predicted molar refractivity (Wildman–Crippen MR) is 110 cm³/mol. The average molecular weight is 453 g/mol. The van der Waals surface area contributed by atoms with Crippen LogP contribution >= 0.6 is 11.6 Å². The summed E-state index contributed by atoms with van der Waals surface area (Å²) < 4.78 is 42.9. The van der Waals surface area contributed by atoms with Gasteiger partial charge in [0.15, 0.2) is 11.5 Å². The van der Waals surface area contributed by atoms with E-state index in [0.29, 0.717) is 61.6 Å². The second kappa shape index (κ2) is 8.81. The zero-order valence-electron chi connectivity index (χ0n) is 16.1. The summed E-state index contributed by atoms with van der Waals surface area (Å²) in [6.45, 7) is 2.53. The largest absolute Gasteiger partial charge is 0.486 e. The quantitative estimate of drug-likeness (QED) is 0.746. The van der Waals surface area contributed by atoms with Crippen LogP contribution in [0.5, 0.6) is 11.5 Å². The highest BCUT2D eigenvalue weighted by molar-refractivity contribution is 7.89. The van der Waals surface area contributed by atoms with Crippen molar-refractivity contribution in [2.75, 3.05) is 39.5 Å². The Balaban J connectivity index is 1.41. The number of benzene rings is 2. The van der Waals surface area contributed by atoms with Gasteiger partial charge in [-0.3, -0.25) is 4.79 Å². The van der Waals surface area contributed by atoms with Crippen LogP contribution in [0.15, 0.2) is 41.3 Å². The normalized spacial score (nSPS) is 16.8. The first-order chi connectivity index (χ1) is 14.4. The van der Waals surface area contributed by atoms with E-state index in [9.17, 15) is 13.2 Å². The first-order valence-corrected chi connectivity index (χ1v) is 11.3. The van der Waals surface area contributed by atoms with E-state index in [2.05, 4.69) is 5.32 Å². The molecule has 0 aromatic heterocycles. The molecule has 0 atom stereocenters. The Kier molecular flexibility index (Phi) is 6.14. The number of halogens is 1. The molecule has 30 heavy (non-hydrogen) atoms. The molecule has 2 aliphatic heterocycles. The molecule has 1 amide bonds. The molecule has 0 radical (unpaired) electrons. The molecule has 0 saturated carbocycles. The second-order valence-electron chi connectivity index (χ2n) is 6.83. The summed E-state index contributed by atoms with van der Waals surface area (Å²) in [5.41, 5.74) is 1.13. The summed E-state index contributed by atoms with van der Waals surface area (Å²) >= 11 is 6.18. The topological polar surface area (TPSA) is 94.2 Å². The maximum absolute atomic E-state index is 12.7. The zero-order valence-corrected chi connectivity index (χ0v) is 17.7. The van der Waals surface area contributed by atoms with Crippen LogP contribution in [-0.2, 0) is 21.3 Å². The van der Waals surface area contributed by atoms with Gasteiger partial charge in [0.2, 0.25) is 10.0 Å². The van der Waals surface area contributed by atoms with Crippen molar-refractivity contribution >= 4 is 27.5 Å². The lowest BCUT2D eigenvalue weighted by Crippen LogP contribution is -2.40. The fraction of sp³-hybridized carbons (Fsp3) is 0.350. The SMILES string of the molecule is O=C(NCc1ccc(S(=O)(=O)N2CCOCC2)cc1)c1cc(Cl)c2c(c1)OCCO2. The fourth-order valence-corrected chi connectivity index (χ4v) is 4.91. The van der Waals surface area contributed by atoms with Crippen LogP contribution in [0.2, 0.25) is 5.02 Å². The Labute approximate surface area is 179 Å². The Bertz CT molecular complexity index is 1040. The number of ether oxygens (including phenoxy) is 3. The molecule has 8 nitrogen and oxygen atoms in total. The van der Waals surface area contributed by atoms with Gasteiger partial charge in [0.05, 0.1) is 23.1 Å². The number of amides is 1. The highest BCUT2D eigenvalue weighted by Gasteiger charge is 2.26. The van der Waals surface area contributed by atoms with Gasteiger partial charge >= 0.3 is 0 Å². The summed E-state index contributed by atoms with van der Waals surface area (Å²) in [4.78, 5) is 12.7. The monoisotopic (exact) mass is 452 g/mol. The molecule has 160 valence electrons. The van der Waals surface area contributed by atoms with Gasteiger partial charge < -0.3 is 19.5 Å². The van der Waals surface area contributed by atoms with E-state index < -0.39 is 10.0 Å². The molecule has 0 spiro atoms. The van der Waals surface area contributed by atoms with Crippen molar-refractivity contribution in [3.63, 3.8) is 0 Å². The van der Waals surface area contributed by atoms with Crippen molar-refractivity contribution in [3.8, 4) is 11.5 Å². The van der Waals surface area contributed by atoms with Crippen LogP contribution < -0.4 is 14.8 Å². The lowest BCUT2D eigenvalue weighted by molar-refractivity contribution is 0.0730. The van der Waals surface area contributed by atoms with Crippen molar-refractivity contribution < 1.29 is 27.4 Å². The van der Waals surface area contributed by atoms with E-state index in [1.165, 1.54) is 10.4 Å². The maximum Gasteiger partial charge on any atom is 0.251 e. The molecule has 10 heteroatoms. The third-order valence-corrected chi connectivity index (χ3v) is 7.04. The number of sulfonamides is 1. The molecule has 2 aromatic carbocycles. The molecule has 1 fully saturated rings. The standard InChI is InChI=1S/C20H21ClN2O6S/c21-17-11-15(12-18-19(17)29-10-9-28-18)20(24)22-13-14-1-3-16(4-2-14)30(25,26)23-5-7-27-8-6-23/h1-4,11-12H,5-10,13H2,(H,22,24). The van der Waals surface area contributed by atoms with Gasteiger partial charge in [-0.05, 0) is 29.8 Å². The van der Waals surface area contributed by atoms with Gasteiger partial charge in [0.25, 0.3) is 5.91 Å². The molecular weight excluding hydrogens is 432 g/mol. The summed E-state index contributed by atoms with van der Waals surface area (Å²) in [5.74, 6) is 0.562. The van der Waals surface area contributed by atoms with E-state index in [1.54, 1.807) is 30.3 Å². The minimum absolute atomic E-state index is 0.220. The maximum atomic E-state index is 12.7. The summed E-state index contributed by atoms with van der Waals surface area (Å²) in [7, 11) is -3.54. The van der Waals surface area contributed by atoms with Crippen molar-refractivity contribution in [1.29, 1.82) is 0 Å². The first-order valence-electron chi connectivity index (χ1n) is 9.49. The van der Waals surface area contributed by atoms with Crippen molar-refractivity contribution in [3.05, 3.63) is 52.5 Å². The van der Waals surface area contributed by atoms with Crippen LogP contribution in [0.1, 0.15) is 15.9 Å². The minimum Gasteiger partial charge on any atom is -0.486 e. The van der Waals surface area contributed by atoms with E-state index >= 15 is 0 Å². The number of nitrogens with one attached hydrogen (secondary N) is 1. The molecule has 1 N–H and O–H groups in total. The minimum atomic E-state index is -3.54. The Morgan fingerprint density at radius 3 is 2.47 bits per heavy atom. The fourth-order valence-electron chi connectivity index (χ4n) is 3.24. The van der Waals surface area contributed by atoms with Crippen LogP contribution in [0.25, 0.3) is 0 Å². The molecule has 2 aliphatic rings. The van der Waals surface area contributed by atoms with Crippen molar-refractivity contribution in [2.24, 2.45) is 0 Å². The first kappa shape index (κ1) is 20.9. The third kappa shape index (κ3) is 4.39. The number of rotatable bonds is 5. The third-order valence-electron chi connectivity index (χ3n) is 4.84. The molecule has 0 unspecified atom stereocenters. The number of hydrogen-bond donors (Lipinski definition) is 1. The van der Waals surface area contributed by atoms with Crippen molar-refractivity contribution in [2.45, 2.75) is 11.4 Å². The van der Waals surface area contributed by atoms with E-state index in [-0.39, 0.29) is 17.3 Å². The Morgan fingerprint density at radius 1 is 1.03 bits per heavy atom. The zero-order chi connectivity index (χ0) is 21.1. The predicted octanol–water partition coefficient (Wildman–Crippen LogP) is 2.06. The van der Waals surface area contributed by atoms with Gasteiger partial charge in [0, 0.05) is 25.2 Å². The summed E-state index contributed by atoms with van der Waals surface area (Å²) in [5, 5.41) is 3.12. The number of hydrogen-bond acceptors (Lipinski definition) is 6. The summed E-state index contributed by atoms with van der Waals surface area (Å²) in [6, 6.07) is 9.59. The molecule has 2 aromatic rings. The number of carbonyl (C=O) groups excluding carboxylic acids is 1. The van der Waals surface area contributed by atoms with Crippen LogP contribution in [0, 0.1) is 0 Å². The Morgan fingerprint density at radius 2 is 1.73 bits per heavy atom. The second-order valence-corrected chi connectivity index (χ2v) is 9.17. The van der Waals surface area contributed by atoms with Crippen molar-refractivity contribution in [1.82, 2.24) is 9.62 Å². The van der Waals surface area contributed by atoms with E-state index in [0.717, 1.165) is 5.56 Å². The number of morpholine rings is 1. The lowest BCUT2D eigenvalue weighted by atomic mass is 10.1.